The number of rotatable bonds is 5. The van der Waals surface area contributed by atoms with Gasteiger partial charge < -0.3 is 14.0 Å². The van der Waals surface area contributed by atoms with Gasteiger partial charge in [-0.25, -0.2) is 9.48 Å². The fourth-order valence-corrected chi connectivity index (χ4v) is 5.75. The minimum absolute atomic E-state index is 0.0804. The highest BCUT2D eigenvalue weighted by Crippen LogP contribution is 2.41. The summed E-state index contributed by atoms with van der Waals surface area (Å²) in [5, 5.41) is 9.38. The summed E-state index contributed by atoms with van der Waals surface area (Å²) < 4.78 is 14.9. The van der Waals surface area contributed by atoms with E-state index in [1.807, 2.05) is 38.4 Å². The molecule has 4 heterocycles. The van der Waals surface area contributed by atoms with E-state index < -0.39 is 0 Å². The van der Waals surface area contributed by atoms with Crippen molar-refractivity contribution in [1.82, 2.24) is 24.5 Å². The fourth-order valence-electron chi connectivity index (χ4n) is 5.75. The second kappa shape index (κ2) is 9.44. The van der Waals surface area contributed by atoms with E-state index in [4.69, 9.17) is 14.5 Å². The van der Waals surface area contributed by atoms with Gasteiger partial charge >= 0.3 is 5.97 Å². The molecule has 0 unspecified atom stereocenters. The minimum atomic E-state index is -0.361. The fraction of sp³-hybridized carbons (Fsp3) is 0.310. The Morgan fingerprint density at radius 3 is 2.57 bits per heavy atom. The lowest BCUT2D eigenvalue weighted by molar-refractivity contribution is 0.0552. The molecule has 1 aliphatic heterocycles. The molecular weight excluding hydrogens is 466 g/mol. The number of fused-ring (bicyclic) bond motifs is 3. The van der Waals surface area contributed by atoms with Gasteiger partial charge in [-0.15, -0.1) is 5.10 Å². The molecule has 5 aromatic rings. The van der Waals surface area contributed by atoms with E-state index in [0.717, 1.165) is 64.9 Å². The number of benzene rings is 2. The second-order valence-electron chi connectivity index (χ2n) is 9.64. The number of aryl methyl sites for hydroxylation is 2. The van der Waals surface area contributed by atoms with Crippen LogP contribution in [0.5, 0.6) is 0 Å². The van der Waals surface area contributed by atoms with Gasteiger partial charge in [-0.05, 0) is 55.5 Å². The van der Waals surface area contributed by atoms with Crippen molar-refractivity contribution in [3.63, 3.8) is 0 Å². The third kappa shape index (κ3) is 3.97. The number of nitrogens with zero attached hydrogens (tertiary/aromatic N) is 5. The molecule has 0 radical (unpaired) electrons. The Kier molecular flexibility index (Phi) is 5.96. The summed E-state index contributed by atoms with van der Waals surface area (Å²) in [6, 6.07) is 18.7. The molecule has 8 heteroatoms. The maximum atomic E-state index is 12.4. The Hall–Kier alpha value is -4.04. The SMILES string of the molecule is COC(=O)c1ccc2c(c1)c1ncc(-c3c(C)nnn3C)cc1n2[C@H](c1ccccc1)C1CCOCC1. The quantitative estimate of drug-likeness (QED) is 0.316. The van der Waals surface area contributed by atoms with Gasteiger partial charge in [-0.1, -0.05) is 35.5 Å². The second-order valence-corrected chi connectivity index (χ2v) is 9.64. The van der Waals surface area contributed by atoms with E-state index >= 15 is 0 Å². The van der Waals surface area contributed by atoms with Crippen LogP contribution in [-0.2, 0) is 16.5 Å². The van der Waals surface area contributed by atoms with Crippen LogP contribution in [0.3, 0.4) is 0 Å². The van der Waals surface area contributed by atoms with E-state index in [0.29, 0.717) is 11.5 Å². The van der Waals surface area contributed by atoms with Crippen molar-refractivity contribution in [2.75, 3.05) is 20.3 Å². The van der Waals surface area contributed by atoms with Crippen LogP contribution < -0.4 is 0 Å². The summed E-state index contributed by atoms with van der Waals surface area (Å²) in [4.78, 5) is 17.4. The van der Waals surface area contributed by atoms with Gasteiger partial charge in [0.15, 0.2) is 0 Å². The summed E-state index contributed by atoms with van der Waals surface area (Å²) in [5.74, 6) is 0.0269. The summed E-state index contributed by atoms with van der Waals surface area (Å²) in [6.07, 6.45) is 3.81. The molecule has 1 fully saturated rings. The lowest BCUT2D eigenvalue weighted by atomic mass is 9.86. The molecule has 1 saturated heterocycles. The van der Waals surface area contributed by atoms with Crippen LogP contribution >= 0.6 is 0 Å². The van der Waals surface area contributed by atoms with Gasteiger partial charge in [0, 0.05) is 37.4 Å². The molecule has 8 nitrogen and oxygen atoms in total. The molecular formula is C29H29N5O3. The molecule has 0 N–H and O–H groups in total. The number of pyridine rings is 1. The molecule has 0 amide bonds. The third-order valence-corrected chi connectivity index (χ3v) is 7.46. The molecule has 0 saturated carbocycles. The van der Waals surface area contributed by atoms with Gasteiger partial charge in [0.2, 0.25) is 0 Å². The van der Waals surface area contributed by atoms with Crippen molar-refractivity contribution in [2.24, 2.45) is 13.0 Å². The van der Waals surface area contributed by atoms with Gasteiger partial charge in [-0.3, -0.25) is 4.98 Å². The van der Waals surface area contributed by atoms with E-state index in [-0.39, 0.29) is 12.0 Å². The van der Waals surface area contributed by atoms with Crippen LogP contribution in [0.25, 0.3) is 33.2 Å². The standard InChI is InChI=1S/C29H29N5O3/c1-18-27(33(2)32-31-18)22-16-25-26(30-17-22)23-15-21(29(35)36-3)9-10-24(23)34(25)28(19-7-5-4-6-8-19)20-11-13-37-14-12-20/h4-10,15-17,20,28H,11-14H2,1-3H3/t28-/m1/s1. The lowest BCUT2D eigenvalue weighted by Crippen LogP contribution is -2.26. The summed E-state index contributed by atoms with van der Waals surface area (Å²) in [5.41, 5.74) is 7.39. The molecule has 2 aromatic carbocycles. The number of carbonyl (C=O) groups excluding carboxylic acids is 1. The maximum absolute atomic E-state index is 12.4. The van der Waals surface area contributed by atoms with Crippen LogP contribution in [0.1, 0.15) is 40.5 Å². The monoisotopic (exact) mass is 495 g/mol. The first kappa shape index (κ1) is 23.4. The molecule has 0 aliphatic carbocycles. The molecule has 37 heavy (non-hydrogen) atoms. The van der Waals surface area contributed by atoms with Crippen molar-refractivity contribution in [1.29, 1.82) is 0 Å². The predicted octanol–water partition coefficient (Wildman–Crippen LogP) is 5.10. The zero-order valence-electron chi connectivity index (χ0n) is 21.2. The number of methoxy groups -OCH3 is 1. The topological polar surface area (TPSA) is 84.1 Å². The Morgan fingerprint density at radius 1 is 1.08 bits per heavy atom. The molecule has 3 aromatic heterocycles. The van der Waals surface area contributed by atoms with Crippen LogP contribution in [-0.4, -0.2) is 50.8 Å². The highest BCUT2D eigenvalue weighted by Gasteiger charge is 2.30. The van der Waals surface area contributed by atoms with E-state index in [1.165, 1.54) is 12.7 Å². The normalized spacial score (nSPS) is 15.3. The zero-order chi connectivity index (χ0) is 25.5. The Labute approximate surface area is 214 Å². The number of carbonyl (C=O) groups is 1. The van der Waals surface area contributed by atoms with Gasteiger partial charge in [0.05, 0.1) is 46.7 Å². The third-order valence-electron chi connectivity index (χ3n) is 7.46. The predicted molar refractivity (Wildman–Crippen MR) is 141 cm³/mol. The molecule has 188 valence electrons. The number of aromatic nitrogens is 5. The van der Waals surface area contributed by atoms with Crippen LogP contribution in [0.2, 0.25) is 0 Å². The average Bonchev–Trinajstić information content (AvgIpc) is 3.45. The molecule has 0 bridgehead atoms. The first-order chi connectivity index (χ1) is 18.1. The summed E-state index contributed by atoms with van der Waals surface area (Å²) in [7, 11) is 3.30. The largest absolute Gasteiger partial charge is 0.465 e. The van der Waals surface area contributed by atoms with Crippen molar-refractivity contribution >= 4 is 27.9 Å². The van der Waals surface area contributed by atoms with Crippen molar-refractivity contribution < 1.29 is 14.3 Å². The van der Waals surface area contributed by atoms with Crippen LogP contribution in [0.4, 0.5) is 0 Å². The molecule has 1 aliphatic rings. The van der Waals surface area contributed by atoms with E-state index in [2.05, 4.69) is 51.3 Å². The Balaban J connectivity index is 1.67. The Morgan fingerprint density at radius 2 is 1.86 bits per heavy atom. The highest BCUT2D eigenvalue weighted by molar-refractivity contribution is 6.09. The smallest absolute Gasteiger partial charge is 0.337 e. The molecule has 0 spiro atoms. The van der Waals surface area contributed by atoms with Crippen LogP contribution in [0, 0.1) is 12.8 Å². The van der Waals surface area contributed by atoms with Gasteiger partial charge in [0.25, 0.3) is 0 Å². The van der Waals surface area contributed by atoms with Crippen LogP contribution in [0.15, 0.2) is 60.8 Å². The van der Waals surface area contributed by atoms with Crippen molar-refractivity contribution in [3.05, 3.63) is 77.6 Å². The number of esters is 1. The van der Waals surface area contributed by atoms with Gasteiger partial charge in [-0.2, -0.15) is 0 Å². The molecule has 1 atom stereocenters. The number of hydrogen-bond acceptors (Lipinski definition) is 6. The van der Waals surface area contributed by atoms with Gasteiger partial charge in [0.1, 0.15) is 0 Å². The van der Waals surface area contributed by atoms with E-state index in [9.17, 15) is 4.79 Å². The first-order valence-electron chi connectivity index (χ1n) is 12.6. The number of ether oxygens (including phenoxy) is 2. The van der Waals surface area contributed by atoms with Crippen molar-refractivity contribution in [3.8, 4) is 11.3 Å². The number of hydrogen-bond donors (Lipinski definition) is 0. The average molecular weight is 496 g/mol. The molecule has 6 rings (SSSR count). The minimum Gasteiger partial charge on any atom is -0.465 e. The van der Waals surface area contributed by atoms with Crippen molar-refractivity contribution in [2.45, 2.75) is 25.8 Å². The zero-order valence-corrected chi connectivity index (χ0v) is 21.2. The summed E-state index contributed by atoms with van der Waals surface area (Å²) >= 11 is 0. The highest BCUT2D eigenvalue weighted by atomic mass is 16.5. The van der Waals surface area contributed by atoms with E-state index in [1.54, 1.807) is 4.68 Å². The first-order valence-corrected chi connectivity index (χ1v) is 12.6. The summed E-state index contributed by atoms with van der Waals surface area (Å²) in [6.45, 7) is 3.46. The maximum Gasteiger partial charge on any atom is 0.337 e. The lowest BCUT2D eigenvalue weighted by Gasteiger charge is -2.33. The Bertz CT molecular complexity index is 1580.